The van der Waals surface area contributed by atoms with Crippen LogP contribution in [0.4, 0.5) is 0 Å². The molecule has 0 aliphatic carbocycles. The molecule has 2 aromatic carbocycles. The number of carbonyl (C=O) groups is 2. The van der Waals surface area contributed by atoms with Crippen LogP contribution in [0.2, 0.25) is 0 Å². The van der Waals surface area contributed by atoms with E-state index in [1.807, 2.05) is 19.1 Å². The van der Waals surface area contributed by atoms with Gasteiger partial charge in [-0.15, -0.1) is 0 Å². The molecule has 1 atom stereocenters. The maximum atomic E-state index is 12.2. The molecule has 0 radical (unpaired) electrons. The van der Waals surface area contributed by atoms with Crippen LogP contribution in [0, 0.1) is 0 Å². The second kappa shape index (κ2) is 9.78. The van der Waals surface area contributed by atoms with Crippen molar-refractivity contribution < 1.29 is 23.8 Å². The molecule has 1 amide bonds. The van der Waals surface area contributed by atoms with Crippen LogP contribution in [0.15, 0.2) is 42.5 Å². The second-order valence-corrected chi connectivity index (χ2v) is 6.75. The van der Waals surface area contributed by atoms with E-state index in [4.69, 9.17) is 14.2 Å². The number of rotatable bonds is 8. The Bertz CT molecular complexity index is 814. The number of carbonyl (C=O) groups excluding carboxylic acids is 2. The SMILES string of the molecule is COc1ccc(OC)c([C@@H](C)NC(=O)COC(=O)c2ccc(C(C)C)cc2)c1. The van der Waals surface area contributed by atoms with Crippen molar-refractivity contribution in [1.29, 1.82) is 0 Å². The minimum atomic E-state index is -0.530. The fourth-order valence-electron chi connectivity index (χ4n) is 2.76. The van der Waals surface area contributed by atoms with Crippen LogP contribution in [0.3, 0.4) is 0 Å². The van der Waals surface area contributed by atoms with Crippen molar-refractivity contribution in [3.63, 3.8) is 0 Å². The number of benzene rings is 2. The number of hydrogen-bond acceptors (Lipinski definition) is 5. The fourth-order valence-corrected chi connectivity index (χ4v) is 2.76. The number of esters is 1. The molecule has 150 valence electrons. The molecule has 0 unspecified atom stereocenters. The first-order valence-electron chi connectivity index (χ1n) is 9.14. The van der Waals surface area contributed by atoms with E-state index in [-0.39, 0.29) is 12.6 Å². The predicted molar refractivity (Wildman–Crippen MR) is 107 cm³/mol. The number of nitrogens with one attached hydrogen (secondary N) is 1. The van der Waals surface area contributed by atoms with Gasteiger partial charge in [-0.1, -0.05) is 26.0 Å². The summed E-state index contributed by atoms with van der Waals surface area (Å²) in [6, 6.07) is 12.2. The summed E-state index contributed by atoms with van der Waals surface area (Å²) in [5.74, 6) is 0.747. The molecule has 0 heterocycles. The Labute approximate surface area is 165 Å². The highest BCUT2D eigenvalue weighted by Crippen LogP contribution is 2.29. The van der Waals surface area contributed by atoms with E-state index < -0.39 is 11.9 Å². The van der Waals surface area contributed by atoms with Gasteiger partial charge in [0.25, 0.3) is 5.91 Å². The van der Waals surface area contributed by atoms with Gasteiger partial charge in [-0.2, -0.15) is 0 Å². The molecule has 6 nitrogen and oxygen atoms in total. The van der Waals surface area contributed by atoms with E-state index in [0.29, 0.717) is 23.0 Å². The summed E-state index contributed by atoms with van der Waals surface area (Å²) in [6.07, 6.45) is 0. The topological polar surface area (TPSA) is 73.9 Å². The maximum Gasteiger partial charge on any atom is 0.338 e. The van der Waals surface area contributed by atoms with Crippen molar-refractivity contribution >= 4 is 11.9 Å². The van der Waals surface area contributed by atoms with Gasteiger partial charge < -0.3 is 19.5 Å². The monoisotopic (exact) mass is 385 g/mol. The van der Waals surface area contributed by atoms with Gasteiger partial charge >= 0.3 is 5.97 Å². The van der Waals surface area contributed by atoms with Crippen LogP contribution < -0.4 is 14.8 Å². The lowest BCUT2D eigenvalue weighted by molar-refractivity contribution is -0.124. The number of methoxy groups -OCH3 is 2. The molecule has 0 aliphatic rings. The van der Waals surface area contributed by atoms with Gasteiger partial charge in [0.05, 0.1) is 25.8 Å². The number of amides is 1. The lowest BCUT2D eigenvalue weighted by Gasteiger charge is -2.18. The Morgan fingerprint density at radius 1 is 0.964 bits per heavy atom. The summed E-state index contributed by atoms with van der Waals surface area (Å²) in [5.41, 5.74) is 2.32. The maximum absolute atomic E-state index is 12.2. The first-order valence-corrected chi connectivity index (χ1v) is 9.14. The van der Waals surface area contributed by atoms with Crippen LogP contribution in [0.25, 0.3) is 0 Å². The van der Waals surface area contributed by atoms with E-state index in [2.05, 4.69) is 19.2 Å². The van der Waals surface area contributed by atoms with Gasteiger partial charge in [-0.3, -0.25) is 4.79 Å². The van der Waals surface area contributed by atoms with Crippen molar-refractivity contribution in [2.75, 3.05) is 20.8 Å². The normalized spacial score (nSPS) is 11.6. The zero-order valence-corrected chi connectivity index (χ0v) is 16.9. The van der Waals surface area contributed by atoms with Crippen LogP contribution in [-0.2, 0) is 9.53 Å². The first kappa shape index (κ1) is 21.3. The molecular weight excluding hydrogens is 358 g/mol. The van der Waals surface area contributed by atoms with E-state index in [1.54, 1.807) is 44.6 Å². The fraction of sp³-hybridized carbons (Fsp3) is 0.364. The molecule has 0 saturated heterocycles. The van der Waals surface area contributed by atoms with Crippen molar-refractivity contribution in [1.82, 2.24) is 5.32 Å². The Morgan fingerprint density at radius 3 is 2.21 bits per heavy atom. The molecule has 2 aromatic rings. The van der Waals surface area contributed by atoms with Crippen molar-refractivity contribution in [3.8, 4) is 11.5 Å². The summed E-state index contributed by atoms with van der Waals surface area (Å²) in [7, 11) is 3.13. The zero-order chi connectivity index (χ0) is 20.7. The average molecular weight is 385 g/mol. The average Bonchev–Trinajstić information content (AvgIpc) is 2.71. The molecule has 2 rings (SSSR count). The standard InChI is InChI=1S/C22H27NO5/c1-14(2)16-6-8-17(9-7-16)22(25)28-13-21(24)23-15(3)19-12-18(26-4)10-11-20(19)27-5/h6-12,14-15H,13H2,1-5H3,(H,23,24)/t15-/m1/s1. The predicted octanol–water partition coefficient (Wildman–Crippen LogP) is 3.86. The summed E-state index contributed by atoms with van der Waals surface area (Å²) >= 11 is 0. The Balaban J connectivity index is 1.94. The highest BCUT2D eigenvalue weighted by atomic mass is 16.5. The minimum Gasteiger partial charge on any atom is -0.497 e. The third-order valence-corrected chi connectivity index (χ3v) is 4.43. The highest BCUT2D eigenvalue weighted by Gasteiger charge is 2.17. The number of ether oxygens (including phenoxy) is 3. The Kier molecular flexibility index (Phi) is 7.44. The molecule has 0 bridgehead atoms. The quantitative estimate of drug-likeness (QED) is 0.699. The Hall–Kier alpha value is -3.02. The van der Waals surface area contributed by atoms with E-state index >= 15 is 0 Å². The molecule has 0 spiro atoms. The van der Waals surface area contributed by atoms with Gasteiger partial charge in [-0.25, -0.2) is 4.79 Å². The van der Waals surface area contributed by atoms with E-state index in [0.717, 1.165) is 11.1 Å². The Morgan fingerprint density at radius 2 is 1.64 bits per heavy atom. The third-order valence-electron chi connectivity index (χ3n) is 4.43. The van der Waals surface area contributed by atoms with Crippen molar-refractivity contribution in [3.05, 3.63) is 59.2 Å². The second-order valence-electron chi connectivity index (χ2n) is 6.75. The molecular formula is C22H27NO5. The summed E-state index contributed by atoms with van der Waals surface area (Å²) in [5, 5.41) is 2.80. The van der Waals surface area contributed by atoms with Gasteiger partial charge in [0.1, 0.15) is 11.5 Å². The molecule has 1 N–H and O–H groups in total. The van der Waals surface area contributed by atoms with Crippen LogP contribution in [0.5, 0.6) is 11.5 Å². The smallest absolute Gasteiger partial charge is 0.338 e. The first-order chi connectivity index (χ1) is 13.3. The largest absolute Gasteiger partial charge is 0.497 e. The van der Waals surface area contributed by atoms with Crippen LogP contribution >= 0.6 is 0 Å². The molecule has 28 heavy (non-hydrogen) atoms. The lowest BCUT2D eigenvalue weighted by atomic mass is 10.0. The molecule has 6 heteroatoms. The van der Waals surface area contributed by atoms with Crippen LogP contribution in [0.1, 0.15) is 54.2 Å². The zero-order valence-electron chi connectivity index (χ0n) is 16.9. The summed E-state index contributed by atoms with van der Waals surface area (Å²) < 4.78 is 15.7. The summed E-state index contributed by atoms with van der Waals surface area (Å²) in [6.45, 7) is 5.62. The van der Waals surface area contributed by atoms with Crippen molar-refractivity contribution in [2.45, 2.75) is 32.7 Å². The highest BCUT2D eigenvalue weighted by molar-refractivity contribution is 5.91. The van der Waals surface area contributed by atoms with Gasteiger partial charge in [-0.05, 0) is 48.7 Å². The minimum absolute atomic E-state index is 0.346. The van der Waals surface area contributed by atoms with Crippen molar-refractivity contribution in [2.24, 2.45) is 0 Å². The molecule has 0 fully saturated rings. The molecule has 0 saturated carbocycles. The molecule has 0 aliphatic heterocycles. The van der Waals surface area contributed by atoms with Gasteiger partial charge in [0.2, 0.25) is 0 Å². The third kappa shape index (κ3) is 5.49. The van der Waals surface area contributed by atoms with E-state index in [9.17, 15) is 9.59 Å². The van der Waals surface area contributed by atoms with E-state index in [1.165, 1.54) is 0 Å². The van der Waals surface area contributed by atoms with Crippen LogP contribution in [-0.4, -0.2) is 32.7 Å². The number of hydrogen-bond donors (Lipinski definition) is 1. The summed E-state index contributed by atoms with van der Waals surface area (Å²) in [4.78, 5) is 24.3. The van der Waals surface area contributed by atoms with Gasteiger partial charge in [0, 0.05) is 5.56 Å². The molecule has 0 aromatic heterocycles. The lowest BCUT2D eigenvalue weighted by Crippen LogP contribution is -2.31. The van der Waals surface area contributed by atoms with Gasteiger partial charge in [0.15, 0.2) is 6.61 Å².